The highest BCUT2D eigenvalue weighted by Crippen LogP contribution is 2.26. The Kier molecular flexibility index (Phi) is 3.72. The van der Waals surface area contributed by atoms with Crippen molar-refractivity contribution >= 4 is 11.3 Å². The first kappa shape index (κ1) is 12.3. The minimum absolute atomic E-state index is 0.250. The number of pyridine rings is 1. The Morgan fingerprint density at radius 3 is 2.67 bits per heavy atom. The van der Waals surface area contributed by atoms with Crippen molar-refractivity contribution in [1.29, 1.82) is 0 Å². The predicted octanol–water partition coefficient (Wildman–Crippen LogP) is 3.52. The van der Waals surface area contributed by atoms with E-state index in [-0.39, 0.29) is 5.82 Å². The van der Waals surface area contributed by atoms with E-state index in [1.165, 1.54) is 12.1 Å². The number of aromatic nitrogens is 1. The van der Waals surface area contributed by atoms with Gasteiger partial charge in [-0.15, -0.1) is 0 Å². The van der Waals surface area contributed by atoms with Crippen molar-refractivity contribution in [1.82, 2.24) is 4.98 Å². The average molecular weight is 242 g/mol. The van der Waals surface area contributed by atoms with E-state index in [0.717, 1.165) is 22.4 Å². The summed E-state index contributed by atoms with van der Waals surface area (Å²) in [5.74, 6) is -0.250. The second-order valence-electron chi connectivity index (χ2n) is 4.08. The summed E-state index contributed by atoms with van der Waals surface area (Å²) in [5.41, 5.74) is 3.69. The molecule has 1 aromatic carbocycles. The maximum atomic E-state index is 13.3. The molecule has 1 heterocycles. The number of hydrogen-bond donors (Lipinski definition) is 1. The van der Waals surface area contributed by atoms with Crippen molar-refractivity contribution in [2.24, 2.45) is 0 Å². The molecule has 1 aromatic heterocycles. The maximum absolute atomic E-state index is 13.3. The van der Waals surface area contributed by atoms with Crippen molar-refractivity contribution < 1.29 is 4.39 Å². The molecule has 0 radical (unpaired) electrons. The van der Waals surface area contributed by atoms with E-state index >= 15 is 0 Å². The van der Waals surface area contributed by atoms with E-state index < -0.39 is 0 Å². The Balaban J connectivity index is 2.26. The standard InChI is InChI=1S/C15H15FN2/c1-11(9-12-5-7-18-8-6-12)14-10-13(16)3-4-15(14)17-2/h3-8,10,17H,1,9H2,2H3. The molecule has 92 valence electrons. The summed E-state index contributed by atoms with van der Waals surface area (Å²) in [6.07, 6.45) is 4.17. The molecule has 18 heavy (non-hydrogen) atoms. The summed E-state index contributed by atoms with van der Waals surface area (Å²) in [6.45, 7) is 4.04. The van der Waals surface area contributed by atoms with Crippen molar-refractivity contribution in [2.45, 2.75) is 6.42 Å². The summed E-state index contributed by atoms with van der Waals surface area (Å²) in [4.78, 5) is 3.97. The maximum Gasteiger partial charge on any atom is 0.123 e. The van der Waals surface area contributed by atoms with Crippen LogP contribution in [0.3, 0.4) is 0 Å². The lowest BCUT2D eigenvalue weighted by atomic mass is 9.98. The third-order valence-corrected chi connectivity index (χ3v) is 2.80. The van der Waals surface area contributed by atoms with Gasteiger partial charge in [0.1, 0.15) is 5.82 Å². The molecule has 0 spiro atoms. The Bertz CT molecular complexity index is 550. The first-order chi connectivity index (χ1) is 8.70. The van der Waals surface area contributed by atoms with Crippen LogP contribution >= 0.6 is 0 Å². The van der Waals surface area contributed by atoms with Crippen LogP contribution in [0.15, 0.2) is 49.3 Å². The van der Waals surface area contributed by atoms with E-state index in [1.807, 2.05) is 19.2 Å². The molecule has 0 aliphatic heterocycles. The number of rotatable bonds is 4. The number of benzene rings is 1. The molecule has 0 aliphatic carbocycles. The van der Waals surface area contributed by atoms with Gasteiger partial charge in [-0.3, -0.25) is 4.98 Å². The molecule has 3 heteroatoms. The zero-order valence-electron chi connectivity index (χ0n) is 10.3. The molecule has 1 N–H and O–H groups in total. The second kappa shape index (κ2) is 5.45. The fraction of sp³-hybridized carbons (Fsp3) is 0.133. The fourth-order valence-corrected chi connectivity index (χ4v) is 1.87. The second-order valence-corrected chi connectivity index (χ2v) is 4.08. The van der Waals surface area contributed by atoms with Gasteiger partial charge in [0.2, 0.25) is 0 Å². The average Bonchev–Trinajstić information content (AvgIpc) is 2.40. The van der Waals surface area contributed by atoms with Crippen LogP contribution in [0.4, 0.5) is 10.1 Å². The van der Waals surface area contributed by atoms with Crippen LogP contribution in [0.1, 0.15) is 11.1 Å². The molecule has 0 unspecified atom stereocenters. The molecule has 2 rings (SSSR count). The van der Waals surface area contributed by atoms with Gasteiger partial charge in [0.25, 0.3) is 0 Å². The van der Waals surface area contributed by atoms with Crippen LogP contribution < -0.4 is 5.32 Å². The third-order valence-electron chi connectivity index (χ3n) is 2.80. The van der Waals surface area contributed by atoms with Crippen molar-refractivity contribution in [3.63, 3.8) is 0 Å². The zero-order valence-corrected chi connectivity index (χ0v) is 10.3. The van der Waals surface area contributed by atoms with Crippen LogP contribution in [0.2, 0.25) is 0 Å². The Labute approximate surface area is 106 Å². The lowest BCUT2D eigenvalue weighted by Crippen LogP contribution is -1.97. The topological polar surface area (TPSA) is 24.9 Å². The normalized spacial score (nSPS) is 10.1. The number of halogens is 1. The van der Waals surface area contributed by atoms with E-state index in [9.17, 15) is 4.39 Å². The van der Waals surface area contributed by atoms with Crippen LogP contribution in [-0.4, -0.2) is 12.0 Å². The Morgan fingerprint density at radius 2 is 2.00 bits per heavy atom. The van der Waals surface area contributed by atoms with Crippen molar-refractivity contribution in [2.75, 3.05) is 12.4 Å². The molecular formula is C15H15FN2. The summed E-state index contributed by atoms with van der Waals surface area (Å²) in [7, 11) is 1.82. The fourth-order valence-electron chi connectivity index (χ4n) is 1.87. The summed E-state index contributed by atoms with van der Waals surface area (Å²) in [5, 5.41) is 3.05. The minimum Gasteiger partial charge on any atom is -0.388 e. The number of nitrogens with zero attached hydrogens (tertiary/aromatic N) is 1. The molecule has 0 aliphatic rings. The molecule has 0 fully saturated rings. The third kappa shape index (κ3) is 2.74. The number of anilines is 1. The van der Waals surface area contributed by atoms with Gasteiger partial charge < -0.3 is 5.32 Å². The van der Waals surface area contributed by atoms with E-state index in [1.54, 1.807) is 18.5 Å². The first-order valence-electron chi connectivity index (χ1n) is 5.75. The number of allylic oxidation sites excluding steroid dienone is 1. The van der Waals surface area contributed by atoms with E-state index in [4.69, 9.17) is 0 Å². The van der Waals surface area contributed by atoms with Crippen LogP contribution in [0, 0.1) is 5.82 Å². The molecule has 0 saturated carbocycles. The van der Waals surface area contributed by atoms with Gasteiger partial charge in [0, 0.05) is 30.7 Å². The lowest BCUT2D eigenvalue weighted by molar-refractivity contribution is 0.627. The van der Waals surface area contributed by atoms with Gasteiger partial charge in [-0.2, -0.15) is 0 Å². The van der Waals surface area contributed by atoms with Gasteiger partial charge in [-0.25, -0.2) is 4.39 Å². The van der Waals surface area contributed by atoms with Crippen molar-refractivity contribution in [3.05, 3.63) is 66.2 Å². The zero-order chi connectivity index (χ0) is 13.0. The summed E-state index contributed by atoms with van der Waals surface area (Å²) < 4.78 is 13.3. The Morgan fingerprint density at radius 1 is 1.28 bits per heavy atom. The predicted molar refractivity (Wildman–Crippen MR) is 72.9 cm³/mol. The monoisotopic (exact) mass is 242 g/mol. The van der Waals surface area contributed by atoms with Gasteiger partial charge in [-0.1, -0.05) is 6.58 Å². The lowest BCUT2D eigenvalue weighted by Gasteiger charge is -2.12. The van der Waals surface area contributed by atoms with E-state index in [2.05, 4.69) is 16.9 Å². The van der Waals surface area contributed by atoms with Gasteiger partial charge >= 0.3 is 0 Å². The molecule has 0 bridgehead atoms. The van der Waals surface area contributed by atoms with Gasteiger partial charge in [0.15, 0.2) is 0 Å². The largest absolute Gasteiger partial charge is 0.388 e. The van der Waals surface area contributed by atoms with E-state index in [0.29, 0.717) is 6.42 Å². The van der Waals surface area contributed by atoms with Crippen molar-refractivity contribution in [3.8, 4) is 0 Å². The summed E-state index contributed by atoms with van der Waals surface area (Å²) >= 11 is 0. The van der Waals surface area contributed by atoms with Gasteiger partial charge in [-0.05, 0) is 47.9 Å². The highest BCUT2D eigenvalue weighted by Gasteiger charge is 2.07. The minimum atomic E-state index is -0.250. The molecule has 2 aromatic rings. The van der Waals surface area contributed by atoms with Crippen LogP contribution in [-0.2, 0) is 6.42 Å². The highest BCUT2D eigenvalue weighted by atomic mass is 19.1. The molecule has 2 nitrogen and oxygen atoms in total. The smallest absolute Gasteiger partial charge is 0.123 e. The Hall–Kier alpha value is -2.16. The quantitative estimate of drug-likeness (QED) is 0.887. The van der Waals surface area contributed by atoms with Gasteiger partial charge in [0.05, 0.1) is 0 Å². The molecular weight excluding hydrogens is 227 g/mol. The highest BCUT2D eigenvalue weighted by molar-refractivity contribution is 5.76. The number of hydrogen-bond acceptors (Lipinski definition) is 2. The molecule has 0 amide bonds. The molecule has 0 saturated heterocycles. The summed E-state index contributed by atoms with van der Waals surface area (Å²) in [6, 6.07) is 8.54. The SMILES string of the molecule is C=C(Cc1ccncc1)c1cc(F)ccc1NC. The number of nitrogens with one attached hydrogen (secondary N) is 1. The first-order valence-corrected chi connectivity index (χ1v) is 5.75. The van der Waals surface area contributed by atoms with Crippen LogP contribution in [0.25, 0.3) is 5.57 Å². The van der Waals surface area contributed by atoms with Crippen LogP contribution in [0.5, 0.6) is 0 Å². The molecule has 0 atom stereocenters.